The van der Waals surface area contributed by atoms with Crippen LogP contribution >= 0.6 is 11.6 Å². The van der Waals surface area contributed by atoms with Crippen molar-refractivity contribution >= 4 is 34.8 Å². The molecule has 0 aliphatic heterocycles. The maximum Gasteiger partial charge on any atom is 0.411 e. The Bertz CT molecular complexity index is 1440. The van der Waals surface area contributed by atoms with Crippen molar-refractivity contribution in [1.29, 1.82) is 5.41 Å². The summed E-state index contributed by atoms with van der Waals surface area (Å²) in [5.41, 5.74) is 7.37. The Morgan fingerprint density at radius 2 is 1.93 bits per heavy atom. The predicted octanol–water partition coefficient (Wildman–Crippen LogP) is 5.67. The number of rotatable bonds is 7. The third kappa shape index (κ3) is 5.96. The molecule has 2 aliphatic carbocycles. The van der Waals surface area contributed by atoms with Gasteiger partial charge in [-0.25, -0.2) is 19.7 Å². The highest BCUT2D eigenvalue weighted by Gasteiger charge is 2.33. The predicted molar refractivity (Wildman–Crippen MR) is 152 cm³/mol. The number of ether oxygens (including phenoxy) is 2. The molecule has 10 nitrogen and oxygen atoms in total. The van der Waals surface area contributed by atoms with Gasteiger partial charge in [0.1, 0.15) is 23.1 Å². The lowest BCUT2D eigenvalue weighted by Gasteiger charge is -2.31. The third-order valence-corrected chi connectivity index (χ3v) is 8.33. The Morgan fingerprint density at radius 3 is 2.58 bits per heavy atom. The summed E-state index contributed by atoms with van der Waals surface area (Å²) in [5.74, 6) is 4.06. The van der Waals surface area contributed by atoms with E-state index in [2.05, 4.69) is 25.4 Å². The molecule has 11 heteroatoms. The van der Waals surface area contributed by atoms with Gasteiger partial charge in [0.25, 0.3) is 5.90 Å². The molecule has 0 saturated heterocycles. The molecule has 1 atom stereocenters. The number of carbonyl (C=O) groups is 1. The van der Waals surface area contributed by atoms with Crippen molar-refractivity contribution < 1.29 is 14.3 Å². The molecule has 210 valence electrons. The van der Waals surface area contributed by atoms with Gasteiger partial charge in [0.15, 0.2) is 5.65 Å². The largest absolute Gasteiger partial charge is 0.411 e. The Kier molecular flexibility index (Phi) is 8.62. The maximum atomic E-state index is 11.4. The van der Waals surface area contributed by atoms with Crippen LogP contribution in [0.5, 0.6) is 0 Å². The van der Waals surface area contributed by atoms with E-state index in [0.29, 0.717) is 51.7 Å². The second-order valence-electron chi connectivity index (χ2n) is 10.7. The fraction of sp³-hybridized carbons (Fsp3) is 0.517. The molecule has 2 saturated carbocycles. The number of nitrogens with one attached hydrogen (secondary N) is 1. The number of primary amides is 1. The Labute approximate surface area is 238 Å². The SMILES string of the molecule is C#C[C@H]1CC[C@H](Cn2c(C(OC)C3CCCCC3)nc3nc(C(=N)OC(N)=O)nc(-c4cncc(Cl)c4)c32)CC1. The van der Waals surface area contributed by atoms with Gasteiger partial charge in [-0.3, -0.25) is 10.4 Å². The molecule has 5 rings (SSSR count). The number of aromatic nitrogens is 5. The molecule has 3 aromatic rings. The summed E-state index contributed by atoms with van der Waals surface area (Å²) in [5, 5.41) is 8.69. The third-order valence-electron chi connectivity index (χ3n) is 8.13. The van der Waals surface area contributed by atoms with E-state index in [4.69, 9.17) is 43.6 Å². The van der Waals surface area contributed by atoms with Gasteiger partial charge in [-0.2, -0.15) is 0 Å². The highest BCUT2D eigenvalue weighted by atomic mass is 35.5. The van der Waals surface area contributed by atoms with Crippen molar-refractivity contribution in [2.75, 3.05) is 7.11 Å². The molecule has 2 fully saturated rings. The van der Waals surface area contributed by atoms with Crippen molar-refractivity contribution in [2.24, 2.45) is 23.5 Å². The zero-order valence-corrected chi connectivity index (χ0v) is 23.4. The Hall–Kier alpha value is -3.55. The van der Waals surface area contributed by atoms with Gasteiger partial charge in [-0.15, -0.1) is 12.3 Å². The number of methoxy groups -OCH3 is 1. The maximum absolute atomic E-state index is 11.4. The lowest BCUT2D eigenvalue weighted by atomic mass is 9.82. The molecular weight excluding hydrogens is 530 g/mol. The van der Waals surface area contributed by atoms with Crippen molar-refractivity contribution in [2.45, 2.75) is 70.4 Å². The molecule has 3 heterocycles. The van der Waals surface area contributed by atoms with Crippen LogP contribution in [0.15, 0.2) is 18.5 Å². The molecule has 0 bridgehead atoms. The average molecular weight is 564 g/mol. The van der Waals surface area contributed by atoms with Gasteiger partial charge >= 0.3 is 6.09 Å². The van der Waals surface area contributed by atoms with Crippen LogP contribution in [0.25, 0.3) is 22.4 Å². The zero-order chi connectivity index (χ0) is 28.2. The van der Waals surface area contributed by atoms with E-state index in [-0.39, 0.29) is 11.9 Å². The van der Waals surface area contributed by atoms with Crippen LogP contribution in [0, 0.1) is 35.5 Å². The number of hydrogen-bond donors (Lipinski definition) is 2. The number of nitrogens with two attached hydrogens (primary N) is 1. The normalized spacial score (nSPS) is 20.6. The van der Waals surface area contributed by atoms with E-state index in [1.54, 1.807) is 25.6 Å². The smallest absolute Gasteiger partial charge is 0.388 e. The van der Waals surface area contributed by atoms with Crippen LogP contribution in [-0.4, -0.2) is 43.6 Å². The summed E-state index contributed by atoms with van der Waals surface area (Å²) in [7, 11) is 1.73. The van der Waals surface area contributed by atoms with Gasteiger partial charge in [0.2, 0.25) is 5.82 Å². The summed E-state index contributed by atoms with van der Waals surface area (Å²) < 4.78 is 13.2. The van der Waals surface area contributed by atoms with Crippen molar-refractivity contribution in [3.63, 3.8) is 0 Å². The molecule has 3 aromatic heterocycles. The number of amides is 1. The van der Waals surface area contributed by atoms with Gasteiger partial charge in [0, 0.05) is 37.5 Å². The number of carbonyl (C=O) groups excluding carboxylic acids is 1. The zero-order valence-electron chi connectivity index (χ0n) is 22.6. The van der Waals surface area contributed by atoms with Crippen LogP contribution < -0.4 is 5.73 Å². The first-order valence-electron chi connectivity index (χ1n) is 13.8. The van der Waals surface area contributed by atoms with Crippen molar-refractivity contribution in [3.05, 3.63) is 35.1 Å². The van der Waals surface area contributed by atoms with Crippen molar-refractivity contribution in [3.8, 4) is 23.6 Å². The Morgan fingerprint density at radius 1 is 1.18 bits per heavy atom. The average Bonchev–Trinajstić information content (AvgIpc) is 3.31. The minimum atomic E-state index is -1.12. The quantitative estimate of drug-likeness (QED) is 0.214. The number of terminal acetylenes is 1. The van der Waals surface area contributed by atoms with Crippen LogP contribution in [0.3, 0.4) is 0 Å². The first-order chi connectivity index (χ1) is 19.4. The molecule has 0 spiro atoms. The fourth-order valence-corrected chi connectivity index (χ4v) is 6.33. The summed E-state index contributed by atoms with van der Waals surface area (Å²) >= 11 is 6.33. The summed E-state index contributed by atoms with van der Waals surface area (Å²) in [6.45, 7) is 0.703. The Balaban J connectivity index is 1.70. The molecule has 0 radical (unpaired) electrons. The van der Waals surface area contributed by atoms with E-state index in [9.17, 15) is 4.79 Å². The molecule has 3 N–H and O–H groups in total. The lowest BCUT2D eigenvalue weighted by molar-refractivity contribution is 0.0259. The highest BCUT2D eigenvalue weighted by Crippen LogP contribution is 2.40. The monoisotopic (exact) mass is 563 g/mol. The van der Waals surface area contributed by atoms with E-state index in [0.717, 1.165) is 57.2 Å². The summed E-state index contributed by atoms with van der Waals surface area (Å²) in [4.78, 5) is 29.9. The molecule has 1 unspecified atom stereocenters. The van der Waals surface area contributed by atoms with E-state index in [1.807, 2.05) is 0 Å². The van der Waals surface area contributed by atoms with Crippen molar-refractivity contribution in [1.82, 2.24) is 24.5 Å². The standard InChI is InChI=1S/C29H34ClN7O3/c1-3-17-9-11-18(12-10-17)16-37-23-22(20-13-21(30)15-33-14-20)34-27(25(31)40-29(32)38)35-26(23)36-28(37)24(39-2)19-7-5-4-6-8-19/h1,13-15,17-19,24,31H,4-12,16H2,2H3,(H2,32,38)/t17-,18-,24?. The summed E-state index contributed by atoms with van der Waals surface area (Å²) in [6.07, 6.45) is 17.2. The number of hydrogen-bond acceptors (Lipinski definition) is 8. The molecule has 2 aliphatic rings. The van der Waals surface area contributed by atoms with Gasteiger partial charge in [-0.05, 0) is 56.4 Å². The van der Waals surface area contributed by atoms with Gasteiger partial charge in [-0.1, -0.05) is 30.9 Å². The minimum Gasteiger partial charge on any atom is -0.388 e. The van der Waals surface area contributed by atoms with Crippen LogP contribution in [0.1, 0.15) is 75.5 Å². The second-order valence-corrected chi connectivity index (χ2v) is 11.2. The molecule has 40 heavy (non-hydrogen) atoms. The number of fused-ring (bicyclic) bond motifs is 1. The lowest BCUT2D eigenvalue weighted by Crippen LogP contribution is -2.25. The van der Waals surface area contributed by atoms with E-state index in [1.165, 1.54) is 6.42 Å². The minimum absolute atomic E-state index is 0.112. The fourth-order valence-electron chi connectivity index (χ4n) is 6.16. The number of imidazole rings is 1. The molecular formula is C29H34ClN7O3. The van der Waals surface area contributed by atoms with E-state index < -0.39 is 12.0 Å². The number of halogens is 1. The van der Waals surface area contributed by atoms with E-state index >= 15 is 0 Å². The first-order valence-corrected chi connectivity index (χ1v) is 14.2. The molecule has 0 aromatic carbocycles. The van der Waals surface area contributed by atoms with Gasteiger partial charge in [0.05, 0.1) is 5.02 Å². The number of nitrogens with zero attached hydrogens (tertiary/aromatic N) is 5. The summed E-state index contributed by atoms with van der Waals surface area (Å²) in [6, 6.07) is 1.75. The first kappa shape index (κ1) is 28.0. The highest BCUT2D eigenvalue weighted by molar-refractivity contribution is 6.30. The number of pyridine rings is 1. The van der Waals surface area contributed by atoms with Crippen LogP contribution in [0.2, 0.25) is 5.02 Å². The second kappa shape index (κ2) is 12.3. The topological polar surface area (TPSA) is 142 Å². The van der Waals surface area contributed by atoms with Crippen LogP contribution in [0.4, 0.5) is 4.79 Å². The van der Waals surface area contributed by atoms with Crippen LogP contribution in [-0.2, 0) is 16.0 Å². The molecule has 1 amide bonds. The van der Waals surface area contributed by atoms with Gasteiger partial charge < -0.3 is 19.8 Å².